The van der Waals surface area contributed by atoms with E-state index >= 15 is 0 Å². The largest absolute Gasteiger partial charge is 0.354 e. The van der Waals surface area contributed by atoms with Gasteiger partial charge < -0.3 is 5.32 Å². The molecule has 1 aliphatic carbocycles. The van der Waals surface area contributed by atoms with Crippen LogP contribution >= 0.6 is 11.3 Å². The number of hydrogen-bond donors (Lipinski definition) is 1. The Morgan fingerprint density at radius 3 is 2.72 bits per heavy atom. The molecule has 1 amide bonds. The SMILES string of the molecule is CC(C)c1ccc(CCNC(=O)Cn2cnc3sc4c(c3c2=O)CCCC4)cc1. The predicted molar refractivity (Wildman–Crippen MR) is 118 cm³/mol. The lowest BCUT2D eigenvalue weighted by atomic mass is 9.97. The van der Waals surface area contributed by atoms with Gasteiger partial charge in [0, 0.05) is 11.4 Å². The second-order valence-electron chi connectivity index (χ2n) is 8.06. The molecule has 0 fully saturated rings. The first-order valence-electron chi connectivity index (χ1n) is 10.4. The van der Waals surface area contributed by atoms with Crippen molar-refractivity contribution >= 4 is 27.5 Å². The van der Waals surface area contributed by atoms with E-state index in [-0.39, 0.29) is 18.0 Å². The number of thiophene rings is 1. The highest BCUT2D eigenvalue weighted by atomic mass is 32.1. The van der Waals surface area contributed by atoms with Crippen molar-refractivity contribution in [2.75, 3.05) is 6.54 Å². The highest BCUT2D eigenvalue weighted by Crippen LogP contribution is 2.33. The van der Waals surface area contributed by atoms with Crippen molar-refractivity contribution in [3.63, 3.8) is 0 Å². The van der Waals surface area contributed by atoms with E-state index in [9.17, 15) is 9.59 Å². The number of carbonyl (C=O) groups is 1. The molecule has 3 aromatic rings. The van der Waals surface area contributed by atoms with Crippen LogP contribution in [0.15, 0.2) is 35.4 Å². The maximum atomic E-state index is 12.9. The number of carbonyl (C=O) groups excluding carboxylic acids is 1. The van der Waals surface area contributed by atoms with E-state index in [1.54, 1.807) is 11.3 Å². The van der Waals surface area contributed by atoms with Gasteiger partial charge in [0.1, 0.15) is 11.4 Å². The molecular formula is C23H27N3O2S. The highest BCUT2D eigenvalue weighted by Gasteiger charge is 2.20. The maximum absolute atomic E-state index is 12.9. The Bertz CT molecular complexity index is 1080. The smallest absolute Gasteiger partial charge is 0.262 e. The summed E-state index contributed by atoms with van der Waals surface area (Å²) in [6, 6.07) is 8.51. The summed E-state index contributed by atoms with van der Waals surface area (Å²) in [6.45, 7) is 4.92. The number of amides is 1. The fraction of sp³-hybridized carbons (Fsp3) is 0.435. The molecule has 0 aliphatic heterocycles. The zero-order chi connectivity index (χ0) is 20.4. The number of nitrogens with zero attached hydrogens (tertiary/aromatic N) is 2. The molecule has 5 nitrogen and oxygen atoms in total. The van der Waals surface area contributed by atoms with Crippen molar-refractivity contribution in [2.45, 2.75) is 58.4 Å². The molecule has 29 heavy (non-hydrogen) atoms. The highest BCUT2D eigenvalue weighted by molar-refractivity contribution is 7.18. The lowest BCUT2D eigenvalue weighted by Crippen LogP contribution is -2.33. The molecule has 0 spiro atoms. The van der Waals surface area contributed by atoms with E-state index in [1.807, 2.05) is 0 Å². The molecule has 1 N–H and O–H groups in total. The summed E-state index contributed by atoms with van der Waals surface area (Å²) in [5.74, 6) is 0.359. The van der Waals surface area contributed by atoms with Crippen LogP contribution in [0.4, 0.5) is 0 Å². The van der Waals surface area contributed by atoms with E-state index in [0.717, 1.165) is 41.5 Å². The number of aryl methyl sites for hydroxylation is 2. The number of benzene rings is 1. The van der Waals surface area contributed by atoms with Gasteiger partial charge in [-0.1, -0.05) is 38.1 Å². The number of nitrogens with one attached hydrogen (secondary N) is 1. The molecule has 0 bridgehead atoms. The van der Waals surface area contributed by atoms with Crippen LogP contribution in [0.25, 0.3) is 10.2 Å². The summed E-state index contributed by atoms with van der Waals surface area (Å²) in [7, 11) is 0. The van der Waals surface area contributed by atoms with Crippen molar-refractivity contribution in [1.82, 2.24) is 14.9 Å². The van der Waals surface area contributed by atoms with Gasteiger partial charge in [0.05, 0.1) is 11.7 Å². The third kappa shape index (κ3) is 4.27. The molecule has 2 aromatic heterocycles. The summed E-state index contributed by atoms with van der Waals surface area (Å²) in [6.07, 6.45) is 6.56. The van der Waals surface area contributed by atoms with Crippen molar-refractivity contribution in [3.8, 4) is 0 Å². The van der Waals surface area contributed by atoms with Crippen LogP contribution in [-0.2, 0) is 30.6 Å². The van der Waals surface area contributed by atoms with E-state index in [4.69, 9.17) is 0 Å². The predicted octanol–water partition coefficient (Wildman–Crippen LogP) is 3.82. The molecule has 0 atom stereocenters. The third-order valence-electron chi connectivity index (χ3n) is 5.64. The number of fused-ring (bicyclic) bond motifs is 3. The van der Waals surface area contributed by atoms with E-state index in [0.29, 0.717) is 12.5 Å². The quantitative estimate of drug-likeness (QED) is 0.673. The monoisotopic (exact) mass is 409 g/mol. The number of aromatic nitrogens is 2. The standard InChI is InChI=1S/C23H27N3O2S/c1-15(2)17-9-7-16(8-10-17)11-12-24-20(27)13-26-14-25-22-21(23(26)28)18-5-3-4-6-19(18)29-22/h7-10,14-15H,3-6,11-13H2,1-2H3,(H,24,27). The van der Waals surface area contributed by atoms with Gasteiger partial charge >= 0.3 is 0 Å². The first kappa shape index (κ1) is 19.8. The van der Waals surface area contributed by atoms with Gasteiger partial charge in [-0.25, -0.2) is 4.98 Å². The van der Waals surface area contributed by atoms with Crippen LogP contribution in [-0.4, -0.2) is 22.0 Å². The van der Waals surface area contributed by atoms with Crippen LogP contribution in [0.5, 0.6) is 0 Å². The van der Waals surface area contributed by atoms with Gasteiger partial charge in [-0.3, -0.25) is 14.2 Å². The molecule has 152 valence electrons. The minimum atomic E-state index is -0.156. The fourth-order valence-electron chi connectivity index (χ4n) is 3.92. The topological polar surface area (TPSA) is 64.0 Å². The van der Waals surface area contributed by atoms with Crippen molar-refractivity contribution < 1.29 is 4.79 Å². The molecule has 1 aliphatic rings. The van der Waals surface area contributed by atoms with Gasteiger partial charge in [0.25, 0.3) is 5.56 Å². The second-order valence-corrected chi connectivity index (χ2v) is 9.15. The number of rotatable bonds is 6. The third-order valence-corrected chi connectivity index (χ3v) is 6.84. The molecule has 0 saturated carbocycles. The first-order chi connectivity index (χ1) is 14.0. The molecule has 1 aromatic carbocycles. The normalized spacial score (nSPS) is 13.6. The summed E-state index contributed by atoms with van der Waals surface area (Å²) in [5, 5.41) is 3.65. The number of hydrogen-bond acceptors (Lipinski definition) is 4. The Kier molecular flexibility index (Phi) is 5.81. The summed E-state index contributed by atoms with van der Waals surface area (Å²) in [4.78, 5) is 31.8. The van der Waals surface area contributed by atoms with Crippen molar-refractivity contribution in [1.29, 1.82) is 0 Å². The molecule has 2 heterocycles. The van der Waals surface area contributed by atoms with Gasteiger partial charge in [0.2, 0.25) is 5.91 Å². The maximum Gasteiger partial charge on any atom is 0.262 e. The lowest BCUT2D eigenvalue weighted by molar-refractivity contribution is -0.121. The Labute approximate surface area is 174 Å². The minimum absolute atomic E-state index is 0.0126. The molecule has 0 unspecified atom stereocenters. The fourth-order valence-corrected chi connectivity index (χ4v) is 5.14. The zero-order valence-corrected chi connectivity index (χ0v) is 17.8. The molecular weight excluding hydrogens is 382 g/mol. The minimum Gasteiger partial charge on any atom is -0.354 e. The van der Waals surface area contributed by atoms with Crippen LogP contribution < -0.4 is 10.9 Å². The zero-order valence-electron chi connectivity index (χ0n) is 17.0. The van der Waals surface area contributed by atoms with Crippen molar-refractivity contribution in [2.24, 2.45) is 0 Å². The average Bonchev–Trinajstić information content (AvgIpc) is 3.10. The van der Waals surface area contributed by atoms with Crippen LogP contribution in [0.3, 0.4) is 0 Å². The summed E-state index contributed by atoms with van der Waals surface area (Å²) >= 11 is 1.63. The van der Waals surface area contributed by atoms with E-state index in [2.05, 4.69) is 48.4 Å². The Morgan fingerprint density at radius 1 is 1.21 bits per heavy atom. The van der Waals surface area contributed by atoms with Gasteiger partial charge in [0.15, 0.2) is 0 Å². The Balaban J connectivity index is 1.39. The van der Waals surface area contributed by atoms with Crippen LogP contribution in [0, 0.1) is 0 Å². The van der Waals surface area contributed by atoms with E-state index < -0.39 is 0 Å². The second kappa shape index (κ2) is 8.49. The van der Waals surface area contributed by atoms with Gasteiger partial charge in [-0.05, 0) is 54.7 Å². The molecule has 0 saturated heterocycles. The Morgan fingerprint density at radius 2 is 1.97 bits per heavy atom. The van der Waals surface area contributed by atoms with Crippen LogP contribution in [0.2, 0.25) is 0 Å². The molecule has 0 radical (unpaired) electrons. The van der Waals surface area contributed by atoms with Gasteiger partial charge in [-0.15, -0.1) is 11.3 Å². The van der Waals surface area contributed by atoms with Crippen LogP contribution in [0.1, 0.15) is 54.2 Å². The van der Waals surface area contributed by atoms with Crippen molar-refractivity contribution in [3.05, 3.63) is 62.5 Å². The van der Waals surface area contributed by atoms with E-state index in [1.165, 1.54) is 33.3 Å². The Hall–Kier alpha value is -2.47. The lowest BCUT2D eigenvalue weighted by Gasteiger charge is -2.11. The van der Waals surface area contributed by atoms with Gasteiger partial charge in [-0.2, -0.15) is 0 Å². The summed E-state index contributed by atoms with van der Waals surface area (Å²) in [5.41, 5.74) is 3.58. The average molecular weight is 410 g/mol. The molecule has 6 heteroatoms. The summed E-state index contributed by atoms with van der Waals surface area (Å²) < 4.78 is 1.44. The first-order valence-corrected chi connectivity index (χ1v) is 11.2. The molecule has 4 rings (SSSR count).